The fraction of sp³-hybridized carbons (Fsp3) is 0.865. The zero-order valence-corrected chi connectivity index (χ0v) is 41.8. The SMILES string of the molecule is CCCCC/C=C\C/C=C\CCCCCCCC(=O)NC(COP(=O)([O-])OCC[N+](C)(C)C)C(O)/C=C/CCCCCCCCCCCCCCCCCCCCCCCC. The zero-order chi connectivity index (χ0) is 45.0. The minimum atomic E-state index is -4.59. The molecule has 61 heavy (non-hydrogen) atoms. The van der Waals surface area contributed by atoms with Crippen molar-refractivity contribution >= 4 is 13.7 Å². The van der Waals surface area contributed by atoms with Crippen LogP contribution in [0.3, 0.4) is 0 Å². The van der Waals surface area contributed by atoms with E-state index in [1.54, 1.807) is 6.08 Å². The third-order valence-corrected chi connectivity index (χ3v) is 12.6. The number of aliphatic hydroxyl groups is 1. The summed E-state index contributed by atoms with van der Waals surface area (Å²) in [4.78, 5) is 25.4. The number of nitrogens with zero attached hydrogens (tertiary/aromatic N) is 1. The molecule has 3 unspecified atom stereocenters. The molecule has 0 saturated heterocycles. The molecule has 360 valence electrons. The maximum atomic E-state index is 12.9. The molecule has 0 bridgehead atoms. The molecule has 0 fully saturated rings. The summed E-state index contributed by atoms with van der Waals surface area (Å²) in [6.07, 6.45) is 54.9. The number of allylic oxidation sites excluding steroid dienone is 5. The predicted octanol–water partition coefficient (Wildman–Crippen LogP) is 14.4. The van der Waals surface area contributed by atoms with Gasteiger partial charge in [0.2, 0.25) is 5.91 Å². The number of aliphatic hydroxyl groups excluding tert-OH is 1. The van der Waals surface area contributed by atoms with Crippen molar-refractivity contribution in [1.82, 2.24) is 5.32 Å². The van der Waals surface area contributed by atoms with Gasteiger partial charge in [-0.3, -0.25) is 9.36 Å². The first-order valence-corrected chi connectivity index (χ1v) is 27.3. The van der Waals surface area contributed by atoms with Gasteiger partial charge in [-0.05, 0) is 51.4 Å². The van der Waals surface area contributed by atoms with Crippen LogP contribution < -0.4 is 10.2 Å². The molecule has 0 aromatic heterocycles. The van der Waals surface area contributed by atoms with Crippen molar-refractivity contribution in [3.05, 3.63) is 36.5 Å². The molecular weight excluding hydrogens is 780 g/mol. The predicted molar refractivity (Wildman–Crippen MR) is 261 cm³/mol. The van der Waals surface area contributed by atoms with Crippen LogP contribution in [0.2, 0.25) is 0 Å². The van der Waals surface area contributed by atoms with Gasteiger partial charge in [-0.15, -0.1) is 0 Å². The highest BCUT2D eigenvalue weighted by molar-refractivity contribution is 7.45. The first-order valence-electron chi connectivity index (χ1n) is 25.9. The maximum absolute atomic E-state index is 12.9. The average molecular weight is 881 g/mol. The number of hydrogen-bond acceptors (Lipinski definition) is 6. The van der Waals surface area contributed by atoms with Gasteiger partial charge in [-0.1, -0.05) is 217 Å². The molecule has 0 aliphatic heterocycles. The Kier molecular flexibility index (Phi) is 43.0. The summed E-state index contributed by atoms with van der Waals surface area (Å²) in [7, 11) is 1.25. The number of hydrogen-bond donors (Lipinski definition) is 2. The van der Waals surface area contributed by atoms with Crippen LogP contribution in [0.1, 0.15) is 239 Å². The van der Waals surface area contributed by atoms with Crippen LogP contribution in [0.25, 0.3) is 0 Å². The van der Waals surface area contributed by atoms with Crippen LogP contribution in [0, 0.1) is 0 Å². The fourth-order valence-electron chi connectivity index (χ4n) is 7.48. The lowest BCUT2D eigenvalue weighted by Crippen LogP contribution is -2.45. The molecule has 9 heteroatoms. The minimum absolute atomic E-state index is 0.00385. The zero-order valence-electron chi connectivity index (χ0n) is 40.9. The Morgan fingerprint density at radius 1 is 0.574 bits per heavy atom. The van der Waals surface area contributed by atoms with E-state index in [1.165, 1.54) is 154 Å². The summed E-state index contributed by atoms with van der Waals surface area (Å²) in [5, 5.41) is 13.8. The third kappa shape index (κ3) is 46.5. The summed E-state index contributed by atoms with van der Waals surface area (Å²) < 4.78 is 23.3. The second kappa shape index (κ2) is 43.9. The van der Waals surface area contributed by atoms with Crippen molar-refractivity contribution < 1.29 is 32.9 Å². The van der Waals surface area contributed by atoms with Gasteiger partial charge in [0.05, 0.1) is 39.9 Å². The van der Waals surface area contributed by atoms with Gasteiger partial charge in [-0.2, -0.15) is 0 Å². The van der Waals surface area contributed by atoms with Gasteiger partial charge in [0, 0.05) is 6.42 Å². The smallest absolute Gasteiger partial charge is 0.268 e. The molecule has 0 aliphatic rings. The van der Waals surface area contributed by atoms with E-state index in [4.69, 9.17) is 9.05 Å². The largest absolute Gasteiger partial charge is 0.756 e. The van der Waals surface area contributed by atoms with Crippen LogP contribution in [0.4, 0.5) is 0 Å². The number of carbonyl (C=O) groups excluding carboxylic acids is 1. The number of quaternary nitrogens is 1. The first-order chi connectivity index (χ1) is 29.5. The van der Waals surface area contributed by atoms with E-state index in [0.717, 1.165) is 64.2 Å². The first kappa shape index (κ1) is 59.7. The van der Waals surface area contributed by atoms with E-state index in [2.05, 4.69) is 43.5 Å². The van der Waals surface area contributed by atoms with E-state index in [0.29, 0.717) is 17.4 Å². The Labute approximate surface area is 378 Å². The highest BCUT2D eigenvalue weighted by Crippen LogP contribution is 2.38. The van der Waals surface area contributed by atoms with Crippen LogP contribution in [-0.2, 0) is 18.4 Å². The number of rotatable bonds is 47. The van der Waals surface area contributed by atoms with Crippen molar-refractivity contribution in [3.8, 4) is 0 Å². The van der Waals surface area contributed by atoms with Crippen molar-refractivity contribution in [2.75, 3.05) is 40.9 Å². The maximum Gasteiger partial charge on any atom is 0.268 e. The Morgan fingerprint density at radius 2 is 0.951 bits per heavy atom. The van der Waals surface area contributed by atoms with E-state index in [9.17, 15) is 19.4 Å². The van der Waals surface area contributed by atoms with Gasteiger partial charge >= 0.3 is 0 Å². The summed E-state index contributed by atoms with van der Waals surface area (Å²) in [6, 6.07) is -0.893. The molecule has 1 amide bonds. The lowest BCUT2D eigenvalue weighted by atomic mass is 10.0. The highest BCUT2D eigenvalue weighted by Gasteiger charge is 2.23. The van der Waals surface area contributed by atoms with Crippen molar-refractivity contribution in [2.45, 2.75) is 251 Å². The van der Waals surface area contributed by atoms with Gasteiger partial charge in [0.25, 0.3) is 7.82 Å². The van der Waals surface area contributed by atoms with Gasteiger partial charge in [0.15, 0.2) is 0 Å². The third-order valence-electron chi connectivity index (χ3n) is 11.6. The number of carbonyl (C=O) groups is 1. The fourth-order valence-corrected chi connectivity index (χ4v) is 8.20. The summed E-state index contributed by atoms with van der Waals surface area (Å²) >= 11 is 0. The highest BCUT2D eigenvalue weighted by atomic mass is 31.2. The standard InChI is InChI=1S/C52H101N2O6P/c1-6-8-10-12-14-16-18-20-22-23-24-25-26-27-28-29-30-32-33-35-37-39-41-43-45-51(55)50(49-60-61(57,58)59-48-47-54(3,4)5)53-52(56)46-44-42-40-38-36-34-31-21-19-17-15-13-11-9-7-2/h15,17,21,31,43,45,50-51,55H,6-14,16,18-20,22-30,32-42,44,46-49H2,1-5H3,(H-,53,56,57,58)/b17-15-,31-21-,45-43+. The topological polar surface area (TPSA) is 108 Å². The molecular formula is C52H101N2O6P. The Morgan fingerprint density at radius 3 is 1.39 bits per heavy atom. The number of phosphoric acid groups is 1. The van der Waals surface area contributed by atoms with Crippen LogP contribution >= 0.6 is 7.82 Å². The van der Waals surface area contributed by atoms with Crippen molar-refractivity contribution in [1.29, 1.82) is 0 Å². The van der Waals surface area contributed by atoms with Gasteiger partial charge in [0.1, 0.15) is 13.2 Å². The second-order valence-electron chi connectivity index (χ2n) is 18.9. The lowest BCUT2D eigenvalue weighted by molar-refractivity contribution is -0.870. The lowest BCUT2D eigenvalue weighted by Gasteiger charge is -2.29. The molecule has 0 rings (SSSR count). The molecule has 0 saturated carbocycles. The number of unbranched alkanes of at least 4 members (excludes halogenated alkanes) is 30. The number of likely N-dealkylation sites (N-methyl/N-ethyl adjacent to an activating group) is 1. The molecule has 0 radical (unpaired) electrons. The molecule has 8 nitrogen and oxygen atoms in total. The normalized spacial score (nSPS) is 14.4. The molecule has 0 spiro atoms. The average Bonchev–Trinajstić information content (AvgIpc) is 3.21. The van der Waals surface area contributed by atoms with Crippen LogP contribution in [0.15, 0.2) is 36.5 Å². The molecule has 3 atom stereocenters. The van der Waals surface area contributed by atoms with E-state index < -0.39 is 20.0 Å². The number of amides is 1. The minimum Gasteiger partial charge on any atom is -0.756 e. The summed E-state index contributed by atoms with van der Waals surface area (Å²) in [6.45, 7) is 4.63. The van der Waals surface area contributed by atoms with Crippen molar-refractivity contribution in [2.24, 2.45) is 0 Å². The van der Waals surface area contributed by atoms with Crippen molar-refractivity contribution in [3.63, 3.8) is 0 Å². The molecule has 0 aromatic rings. The van der Waals surface area contributed by atoms with E-state index in [1.807, 2.05) is 27.2 Å². The molecule has 0 aromatic carbocycles. The van der Waals surface area contributed by atoms with Gasteiger partial charge < -0.3 is 28.8 Å². The quantitative estimate of drug-likeness (QED) is 0.0273. The van der Waals surface area contributed by atoms with Gasteiger partial charge in [-0.25, -0.2) is 0 Å². The van der Waals surface area contributed by atoms with Crippen LogP contribution in [-0.4, -0.2) is 68.5 Å². The summed E-state index contributed by atoms with van der Waals surface area (Å²) in [5.74, 6) is -0.210. The Hall–Kier alpha value is -1.28. The van der Waals surface area contributed by atoms with E-state index in [-0.39, 0.29) is 19.1 Å². The number of nitrogens with one attached hydrogen (secondary N) is 1. The second-order valence-corrected chi connectivity index (χ2v) is 20.3. The van der Waals surface area contributed by atoms with E-state index >= 15 is 0 Å². The molecule has 2 N–H and O–H groups in total. The molecule has 0 aliphatic carbocycles. The Bertz CT molecular complexity index is 1090. The molecule has 0 heterocycles. The van der Waals surface area contributed by atoms with Crippen LogP contribution in [0.5, 0.6) is 0 Å². The number of phosphoric ester groups is 1. The Balaban J connectivity index is 4.27. The summed E-state index contributed by atoms with van der Waals surface area (Å²) in [5.41, 5.74) is 0. The monoisotopic (exact) mass is 881 g/mol.